The summed E-state index contributed by atoms with van der Waals surface area (Å²) in [5.74, 6) is 1.63. The Balaban J connectivity index is 1.46. The molecule has 0 aliphatic carbocycles. The molecule has 2 aromatic carbocycles. The van der Waals surface area contributed by atoms with E-state index in [1.54, 1.807) is 21.0 Å². The maximum atomic E-state index is 12.3. The molecule has 1 atom stereocenters. The van der Waals surface area contributed by atoms with Gasteiger partial charge in [-0.1, -0.05) is 28.9 Å². The molecular weight excluding hydrogens is 616 g/mol. The Morgan fingerprint density at radius 3 is 2.30 bits per heavy atom. The third-order valence-electron chi connectivity index (χ3n) is 7.72. The molecule has 0 saturated carbocycles. The molecular formula is C32H41BrN4O6. The molecule has 1 saturated heterocycles. The molecule has 0 spiro atoms. The normalized spacial score (nSPS) is 14.8. The van der Waals surface area contributed by atoms with E-state index in [0.717, 1.165) is 53.4 Å². The molecule has 0 bridgehead atoms. The Bertz CT molecular complexity index is 1360. The molecule has 1 unspecified atom stereocenters. The second-order valence-corrected chi connectivity index (χ2v) is 11.4. The maximum absolute atomic E-state index is 12.3. The first-order valence-corrected chi connectivity index (χ1v) is 15.7. The fourth-order valence-electron chi connectivity index (χ4n) is 5.61. The summed E-state index contributed by atoms with van der Waals surface area (Å²) in [6.45, 7) is 7.82. The van der Waals surface area contributed by atoms with E-state index in [1.807, 2.05) is 36.4 Å². The summed E-state index contributed by atoms with van der Waals surface area (Å²) in [4.78, 5) is 35.8. The van der Waals surface area contributed by atoms with Crippen molar-refractivity contribution in [2.24, 2.45) is 5.92 Å². The fraction of sp³-hybridized carbons (Fsp3) is 0.500. The van der Waals surface area contributed by atoms with Crippen molar-refractivity contribution in [3.8, 4) is 11.5 Å². The molecule has 11 heteroatoms. The molecule has 0 radical (unpaired) electrons. The van der Waals surface area contributed by atoms with Crippen LogP contribution in [0, 0.1) is 5.92 Å². The SMILES string of the molecule is CCOC(=O)CC(CC(=O)OCC)N1CCC(C(CC)Oc2cc3ncnc(Nc4cccc(Br)c4)c3cc2OC)CC1. The van der Waals surface area contributed by atoms with Crippen LogP contribution in [0.5, 0.6) is 11.5 Å². The van der Waals surface area contributed by atoms with Crippen LogP contribution >= 0.6 is 15.9 Å². The topological polar surface area (TPSA) is 112 Å². The van der Waals surface area contributed by atoms with Crippen LogP contribution in [0.1, 0.15) is 52.9 Å². The summed E-state index contributed by atoms with van der Waals surface area (Å²) in [7, 11) is 1.63. The number of hydrogen-bond acceptors (Lipinski definition) is 10. The standard InChI is InChI=1S/C32H41BrN4O6/c1-5-27(21-11-13-37(14-12-21)24(16-30(38)41-6-2)17-31(39)42-7-3)43-29-19-26-25(18-28(29)40-4)32(35-20-34-26)36-23-10-8-9-22(33)15-23/h8-10,15,18-21,24,27H,5-7,11-14,16-17H2,1-4H3,(H,34,35,36). The Morgan fingerprint density at radius 1 is 1.00 bits per heavy atom. The Hall–Kier alpha value is -3.44. The van der Waals surface area contributed by atoms with Crippen LogP contribution in [-0.2, 0) is 19.1 Å². The molecule has 4 rings (SSSR count). The van der Waals surface area contributed by atoms with Crippen molar-refractivity contribution in [3.05, 3.63) is 47.2 Å². The minimum absolute atomic E-state index is 0.0387. The number of ether oxygens (including phenoxy) is 4. The van der Waals surface area contributed by atoms with Crippen LogP contribution in [0.25, 0.3) is 10.9 Å². The lowest BCUT2D eigenvalue weighted by Crippen LogP contribution is -2.46. The quantitative estimate of drug-likeness (QED) is 0.199. The van der Waals surface area contributed by atoms with Crippen LogP contribution in [0.3, 0.4) is 0 Å². The Kier molecular flexibility index (Phi) is 12.0. The first-order valence-electron chi connectivity index (χ1n) is 14.9. The number of halogens is 1. The second-order valence-electron chi connectivity index (χ2n) is 10.5. The van der Waals surface area contributed by atoms with Gasteiger partial charge >= 0.3 is 11.9 Å². The van der Waals surface area contributed by atoms with Gasteiger partial charge in [-0.05, 0) is 76.4 Å². The van der Waals surface area contributed by atoms with Crippen LogP contribution in [-0.4, -0.2) is 72.4 Å². The fourth-order valence-corrected chi connectivity index (χ4v) is 6.00. The maximum Gasteiger partial charge on any atom is 0.307 e. The average molecular weight is 658 g/mol. The van der Waals surface area contributed by atoms with Crippen molar-refractivity contribution in [2.45, 2.75) is 65.0 Å². The van der Waals surface area contributed by atoms with Crippen molar-refractivity contribution in [1.29, 1.82) is 0 Å². The number of fused-ring (bicyclic) bond motifs is 1. The van der Waals surface area contributed by atoms with Crippen molar-refractivity contribution in [3.63, 3.8) is 0 Å². The highest BCUT2D eigenvalue weighted by Gasteiger charge is 2.33. The number of carbonyl (C=O) groups excluding carboxylic acids is 2. The number of esters is 2. The second kappa shape index (κ2) is 15.9. The number of piperidine rings is 1. The number of aromatic nitrogens is 2. The van der Waals surface area contributed by atoms with Gasteiger partial charge in [-0.25, -0.2) is 9.97 Å². The molecule has 1 fully saturated rings. The van der Waals surface area contributed by atoms with Gasteiger partial charge in [-0.2, -0.15) is 0 Å². The zero-order valence-corrected chi connectivity index (χ0v) is 26.9. The van der Waals surface area contributed by atoms with E-state index in [2.05, 4.69) is 43.0 Å². The lowest BCUT2D eigenvalue weighted by Gasteiger charge is -2.39. The van der Waals surface area contributed by atoms with Gasteiger partial charge < -0.3 is 24.3 Å². The van der Waals surface area contributed by atoms with Crippen molar-refractivity contribution in [1.82, 2.24) is 14.9 Å². The first-order chi connectivity index (χ1) is 20.8. The minimum Gasteiger partial charge on any atom is -0.493 e. The monoisotopic (exact) mass is 656 g/mol. The zero-order chi connectivity index (χ0) is 30.8. The highest BCUT2D eigenvalue weighted by Crippen LogP contribution is 2.37. The molecule has 232 valence electrons. The van der Waals surface area contributed by atoms with E-state index in [9.17, 15) is 9.59 Å². The number of rotatable bonds is 14. The van der Waals surface area contributed by atoms with Gasteiger partial charge in [0.2, 0.25) is 0 Å². The number of hydrogen-bond donors (Lipinski definition) is 1. The van der Waals surface area contributed by atoms with Crippen molar-refractivity contribution in [2.75, 3.05) is 38.7 Å². The molecule has 1 aliphatic rings. The van der Waals surface area contributed by atoms with Gasteiger partial charge in [0, 0.05) is 27.7 Å². The van der Waals surface area contributed by atoms with E-state index >= 15 is 0 Å². The number of nitrogens with zero attached hydrogens (tertiary/aromatic N) is 3. The molecule has 2 heterocycles. The van der Waals surface area contributed by atoms with Gasteiger partial charge in [0.1, 0.15) is 18.2 Å². The van der Waals surface area contributed by atoms with E-state index < -0.39 is 0 Å². The van der Waals surface area contributed by atoms with E-state index in [-0.39, 0.29) is 36.9 Å². The number of anilines is 2. The number of methoxy groups -OCH3 is 1. The molecule has 1 aliphatic heterocycles. The number of carbonyl (C=O) groups is 2. The molecule has 1 N–H and O–H groups in total. The lowest BCUT2D eigenvalue weighted by atomic mass is 9.88. The zero-order valence-electron chi connectivity index (χ0n) is 25.3. The number of nitrogens with one attached hydrogen (secondary N) is 1. The summed E-state index contributed by atoms with van der Waals surface area (Å²) < 4.78 is 23.7. The number of benzene rings is 2. The van der Waals surface area contributed by atoms with Crippen LogP contribution < -0.4 is 14.8 Å². The minimum atomic E-state index is -0.295. The van der Waals surface area contributed by atoms with Gasteiger partial charge in [0.25, 0.3) is 0 Å². The highest BCUT2D eigenvalue weighted by atomic mass is 79.9. The third-order valence-corrected chi connectivity index (χ3v) is 8.21. The molecule has 0 amide bonds. The smallest absolute Gasteiger partial charge is 0.307 e. The van der Waals surface area contributed by atoms with Gasteiger partial charge in [-0.15, -0.1) is 0 Å². The Labute approximate surface area is 261 Å². The predicted molar refractivity (Wildman–Crippen MR) is 169 cm³/mol. The summed E-state index contributed by atoms with van der Waals surface area (Å²) in [6.07, 6.45) is 4.40. The molecule has 43 heavy (non-hydrogen) atoms. The van der Waals surface area contributed by atoms with Gasteiger partial charge in [0.05, 0.1) is 38.7 Å². The average Bonchev–Trinajstić information content (AvgIpc) is 2.99. The van der Waals surface area contributed by atoms with Crippen LogP contribution in [0.4, 0.5) is 11.5 Å². The molecule has 1 aromatic heterocycles. The molecule has 10 nitrogen and oxygen atoms in total. The van der Waals surface area contributed by atoms with Crippen LogP contribution in [0.15, 0.2) is 47.2 Å². The third kappa shape index (κ3) is 8.79. The van der Waals surface area contributed by atoms with E-state index in [4.69, 9.17) is 18.9 Å². The van der Waals surface area contributed by atoms with Crippen molar-refractivity contribution < 1.29 is 28.5 Å². The highest BCUT2D eigenvalue weighted by molar-refractivity contribution is 9.10. The van der Waals surface area contributed by atoms with E-state index in [0.29, 0.717) is 36.4 Å². The number of likely N-dealkylation sites (tertiary alicyclic amines) is 1. The summed E-state index contributed by atoms with van der Waals surface area (Å²) >= 11 is 3.51. The summed E-state index contributed by atoms with van der Waals surface area (Å²) in [5.41, 5.74) is 1.64. The van der Waals surface area contributed by atoms with Gasteiger partial charge in [-0.3, -0.25) is 14.5 Å². The first kappa shape index (κ1) is 32.5. The largest absolute Gasteiger partial charge is 0.493 e. The van der Waals surface area contributed by atoms with Crippen LogP contribution in [0.2, 0.25) is 0 Å². The van der Waals surface area contributed by atoms with Crippen molar-refractivity contribution >= 4 is 50.3 Å². The summed E-state index contributed by atoms with van der Waals surface area (Å²) in [5, 5.41) is 4.19. The predicted octanol–water partition coefficient (Wildman–Crippen LogP) is 6.29. The summed E-state index contributed by atoms with van der Waals surface area (Å²) in [6, 6.07) is 11.5. The lowest BCUT2D eigenvalue weighted by molar-refractivity contribution is -0.148. The Morgan fingerprint density at radius 2 is 1.70 bits per heavy atom. The van der Waals surface area contributed by atoms with E-state index in [1.165, 1.54) is 6.33 Å². The van der Waals surface area contributed by atoms with Gasteiger partial charge in [0.15, 0.2) is 11.5 Å². The molecule has 3 aromatic rings.